The zero-order chi connectivity index (χ0) is 13.2. The molecule has 19 heavy (non-hydrogen) atoms. The van der Waals surface area contributed by atoms with Gasteiger partial charge in [0.1, 0.15) is 0 Å². The molecule has 2 nitrogen and oxygen atoms in total. The molecular formula is C16H23ClN2. The average Bonchev–Trinajstić information content (AvgIpc) is 3.24. The Morgan fingerprint density at radius 2 is 1.63 bits per heavy atom. The number of halogens is 1. The first-order chi connectivity index (χ1) is 9.22. The molecule has 3 heteroatoms. The van der Waals surface area contributed by atoms with E-state index in [1.165, 1.54) is 31.2 Å². The Morgan fingerprint density at radius 1 is 1.00 bits per heavy atom. The first-order valence-electron chi connectivity index (χ1n) is 7.49. The maximum absolute atomic E-state index is 5.99. The van der Waals surface area contributed by atoms with Gasteiger partial charge in [-0.1, -0.05) is 23.7 Å². The molecule has 3 N–H and O–H groups in total. The van der Waals surface area contributed by atoms with E-state index in [1.54, 1.807) is 0 Å². The summed E-state index contributed by atoms with van der Waals surface area (Å²) in [5, 5.41) is 4.70. The van der Waals surface area contributed by atoms with Crippen LogP contribution in [0.25, 0.3) is 0 Å². The fourth-order valence-corrected chi connectivity index (χ4v) is 3.27. The van der Waals surface area contributed by atoms with Gasteiger partial charge in [-0.25, -0.2) is 0 Å². The molecule has 104 valence electrons. The van der Waals surface area contributed by atoms with Crippen molar-refractivity contribution in [3.05, 3.63) is 34.9 Å². The molecule has 0 saturated heterocycles. The molecule has 0 amide bonds. The smallest absolute Gasteiger partial charge is 0.0406 e. The highest BCUT2D eigenvalue weighted by atomic mass is 35.5. The third-order valence-corrected chi connectivity index (χ3v) is 4.76. The molecule has 2 aliphatic rings. The van der Waals surface area contributed by atoms with Gasteiger partial charge in [0, 0.05) is 23.1 Å². The summed E-state index contributed by atoms with van der Waals surface area (Å²) < 4.78 is 0. The number of hydrogen-bond donors (Lipinski definition) is 2. The number of hydrogen-bond acceptors (Lipinski definition) is 2. The minimum absolute atomic E-state index is 0.424. The Labute approximate surface area is 120 Å². The molecule has 1 aromatic rings. The highest BCUT2D eigenvalue weighted by Crippen LogP contribution is 2.42. The second-order valence-corrected chi connectivity index (χ2v) is 6.58. The van der Waals surface area contributed by atoms with Crippen LogP contribution in [0.2, 0.25) is 5.02 Å². The van der Waals surface area contributed by atoms with E-state index in [-0.39, 0.29) is 0 Å². The fourth-order valence-electron chi connectivity index (χ4n) is 3.14. The molecule has 0 spiro atoms. The zero-order valence-corrected chi connectivity index (χ0v) is 12.1. The van der Waals surface area contributed by atoms with Crippen molar-refractivity contribution >= 4 is 11.6 Å². The van der Waals surface area contributed by atoms with Crippen LogP contribution in [0, 0.1) is 5.92 Å². The third kappa shape index (κ3) is 3.50. The molecule has 1 aromatic carbocycles. The van der Waals surface area contributed by atoms with E-state index in [0.717, 1.165) is 23.8 Å². The quantitative estimate of drug-likeness (QED) is 0.882. The largest absolute Gasteiger partial charge is 0.328 e. The van der Waals surface area contributed by atoms with Gasteiger partial charge in [-0.05, 0) is 62.1 Å². The molecule has 0 heterocycles. The number of nitrogens with two attached hydrogens (primary N) is 1. The molecule has 0 radical (unpaired) electrons. The van der Waals surface area contributed by atoms with Crippen molar-refractivity contribution in [3.8, 4) is 0 Å². The van der Waals surface area contributed by atoms with Gasteiger partial charge in [-0.15, -0.1) is 0 Å². The highest BCUT2D eigenvalue weighted by molar-refractivity contribution is 6.30. The maximum Gasteiger partial charge on any atom is 0.0406 e. The maximum atomic E-state index is 5.99. The predicted octanol–water partition coefficient (Wildman–Crippen LogP) is 3.65. The number of benzene rings is 1. The van der Waals surface area contributed by atoms with Crippen molar-refractivity contribution < 1.29 is 0 Å². The summed E-state index contributed by atoms with van der Waals surface area (Å²) in [4.78, 5) is 0. The van der Waals surface area contributed by atoms with Crippen LogP contribution >= 0.6 is 11.6 Å². The van der Waals surface area contributed by atoms with E-state index < -0.39 is 0 Å². The molecular weight excluding hydrogens is 256 g/mol. The Kier molecular flexibility index (Phi) is 4.11. The van der Waals surface area contributed by atoms with Gasteiger partial charge >= 0.3 is 0 Å². The van der Waals surface area contributed by atoms with E-state index >= 15 is 0 Å². The summed E-state index contributed by atoms with van der Waals surface area (Å²) in [6.07, 6.45) is 7.47. The molecule has 1 atom stereocenters. The predicted molar refractivity (Wildman–Crippen MR) is 80.3 cm³/mol. The zero-order valence-electron chi connectivity index (χ0n) is 11.3. The van der Waals surface area contributed by atoms with Crippen molar-refractivity contribution in [2.45, 2.75) is 56.7 Å². The van der Waals surface area contributed by atoms with Crippen LogP contribution < -0.4 is 11.1 Å². The van der Waals surface area contributed by atoms with Crippen LogP contribution in [0.4, 0.5) is 0 Å². The summed E-state index contributed by atoms with van der Waals surface area (Å²) in [5.41, 5.74) is 7.38. The standard InChI is InChI=1S/C16H23ClN2/c17-13-5-3-12(4-6-13)16(11-1-2-11)19-15-9-7-14(18)8-10-15/h3-6,11,14-16,19H,1-2,7-10,18H2. The molecule has 0 bridgehead atoms. The summed E-state index contributed by atoms with van der Waals surface area (Å²) >= 11 is 5.99. The van der Waals surface area contributed by atoms with Crippen molar-refractivity contribution in [2.24, 2.45) is 11.7 Å². The van der Waals surface area contributed by atoms with Crippen molar-refractivity contribution in [1.82, 2.24) is 5.32 Å². The summed E-state index contributed by atoms with van der Waals surface area (Å²) in [6.45, 7) is 0. The molecule has 2 saturated carbocycles. The minimum Gasteiger partial charge on any atom is -0.328 e. The fraction of sp³-hybridized carbons (Fsp3) is 0.625. The van der Waals surface area contributed by atoms with Crippen LogP contribution in [-0.4, -0.2) is 12.1 Å². The second-order valence-electron chi connectivity index (χ2n) is 6.15. The average molecular weight is 279 g/mol. The molecule has 2 fully saturated rings. The van der Waals surface area contributed by atoms with E-state index in [9.17, 15) is 0 Å². The minimum atomic E-state index is 0.424. The third-order valence-electron chi connectivity index (χ3n) is 4.51. The lowest BCUT2D eigenvalue weighted by Gasteiger charge is -2.31. The van der Waals surface area contributed by atoms with Gasteiger partial charge in [0.2, 0.25) is 0 Å². The lowest BCUT2D eigenvalue weighted by Crippen LogP contribution is -2.39. The van der Waals surface area contributed by atoms with Crippen molar-refractivity contribution in [1.29, 1.82) is 0 Å². The Bertz CT molecular complexity index is 405. The normalized spacial score (nSPS) is 29.2. The molecule has 0 aliphatic heterocycles. The number of nitrogens with one attached hydrogen (secondary N) is 1. The van der Waals surface area contributed by atoms with Crippen molar-refractivity contribution in [3.63, 3.8) is 0 Å². The van der Waals surface area contributed by atoms with Gasteiger partial charge in [0.15, 0.2) is 0 Å². The molecule has 3 rings (SSSR count). The van der Waals surface area contributed by atoms with E-state index in [1.807, 2.05) is 12.1 Å². The monoisotopic (exact) mass is 278 g/mol. The lowest BCUT2D eigenvalue weighted by molar-refractivity contribution is 0.303. The Hall–Kier alpha value is -0.570. The van der Waals surface area contributed by atoms with Crippen molar-refractivity contribution in [2.75, 3.05) is 0 Å². The molecule has 0 aromatic heterocycles. The van der Waals surface area contributed by atoms with Gasteiger partial charge in [0.05, 0.1) is 0 Å². The van der Waals surface area contributed by atoms with E-state index in [4.69, 9.17) is 17.3 Å². The second kappa shape index (κ2) is 5.82. The first-order valence-corrected chi connectivity index (χ1v) is 7.87. The first kappa shape index (κ1) is 13.4. The van der Waals surface area contributed by atoms with Crippen LogP contribution in [0.3, 0.4) is 0 Å². The topological polar surface area (TPSA) is 38.0 Å². The Morgan fingerprint density at radius 3 is 2.21 bits per heavy atom. The van der Waals surface area contributed by atoms with Crippen LogP contribution in [0.15, 0.2) is 24.3 Å². The van der Waals surface area contributed by atoms with Gasteiger partial charge in [-0.2, -0.15) is 0 Å². The van der Waals surface area contributed by atoms with Gasteiger partial charge in [-0.3, -0.25) is 0 Å². The van der Waals surface area contributed by atoms with Gasteiger partial charge in [0.25, 0.3) is 0 Å². The van der Waals surface area contributed by atoms with Crippen LogP contribution in [0.5, 0.6) is 0 Å². The van der Waals surface area contributed by atoms with E-state index in [2.05, 4.69) is 17.4 Å². The lowest BCUT2D eigenvalue weighted by atomic mass is 9.90. The van der Waals surface area contributed by atoms with Crippen LogP contribution in [-0.2, 0) is 0 Å². The van der Waals surface area contributed by atoms with Gasteiger partial charge < -0.3 is 11.1 Å². The molecule has 2 aliphatic carbocycles. The highest BCUT2D eigenvalue weighted by Gasteiger charge is 2.34. The summed E-state index contributed by atoms with van der Waals surface area (Å²) in [5.74, 6) is 0.816. The molecule has 1 unspecified atom stereocenters. The Balaban J connectivity index is 1.66. The summed E-state index contributed by atoms with van der Waals surface area (Å²) in [7, 11) is 0. The number of rotatable bonds is 4. The summed E-state index contributed by atoms with van der Waals surface area (Å²) in [6, 6.07) is 9.93. The van der Waals surface area contributed by atoms with E-state index in [0.29, 0.717) is 18.1 Å². The SMILES string of the molecule is NC1CCC(NC(c2ccc(Cl)cc2)C2CC2)CC1. The van der Waals surface area contributed by atoms with Crippen LogP contribution in [0.1, 0.15) is 50.1 Å².